The fourth-order valence-electron chi connectivity index (χ4n) is 1.58. The van der Waals surface area contributed by atoms with Crippen molar-refractivity contribution in [3.05, 3.63) is 59.4 Å². The van der Waals surface area contributed by atoms with Crippen LogP contribution in [0.3, 0.4) is 0 Å². The van der Waals surface area contributed by atoms with Gasteiger partial charge in [0.05, 0.1) is 5.56 Å². The Bertz CT molecular complexity index is 669. The van der Waals surface area contributed by atoms with Gasteiger partial charge in [0, 0.05) is 28.4 Å². The fourth-order valence-corrected chi connectivity index (χ4v) is 1.99. The summed E-state index contributed by atoms with van der Waals surface area (Å²) in [6.07, 6.45) is 0.709. The first-order valence-electron chi connectivity index (χ1n) is 5.68. The Morgan fingerprint density at radius 1 is 1.10 bits per heavy atom. The van der Waals surface area contributed by atoms with Crippen LogP contribution in [0.2, 0.25) is 0 Å². The number of nitrogens with zero attached hydrogens (tertiary/aromatic N) is 1. The molecule has 0 N–H and O–H groups in total. The Balaban J connectivity index is 2.38. The monoisotopic (exact) mass is 293 g/mol. The number of thioether (sulfide) groups is 1. The predicted molar refractivity (Wildman–Crippen MR) is 73.4 cm³/mol. The van der Waals surface area contributed by atoms with Gasteiger partial charge in [0.1, 0.15) is 0 Å². The third kappa shape index (κ3) is 3.55. The Kier molecular flexibility index (Phi) is 4.35. The summed E-state index contributed by atoms with van der Waals surface area (Å²) in [4.78, 5) is 4.91. The van der Waals surface area contributed by atoms with Gasteiger partial charge in [-0.25, -0.2) is 0 Å². The van der Waals surface area contributed by atoms with Crippen molar-refractivity contribution in [2.24, 2.45) is 0 Å². The van der Waals surface area contributed by atoms with Crippen LogP contribution in [0.1, 0.15) is 16.7 Å². The topological polar surface area (TPSA) is 12.9 Å². The number of pyridine rings is 1. The van der Waals surface area contributed by atoms with Crippen molar-refractivity contribution in [3.63, 3.8) is 0 Å². The lowest BCUT2D eigenvalue weighted by Crippen LogP contribution is -2.07. The van der Waals surface area contributed by atoms with Crippen molar-refractivity contribution in [2.75, 3.05) is 6.26 Å². The summed E-state index contributed by atoms with van der Waals surface area (Å²) >= 11 is 1.50. The Labute approximate surface area is 119 Å². The standard InChI is InChI=1S/C15H10F3NS/c1-20-13-8-11(9-19-10-13)6-7-12-4-2-3-5-14(12)15(16,17)18/h2-5,8-10H,1H3. The van der Waals surface area contributed by atoms with Crippen molar-refractivity contribution in [1.29, 1.82) is 0 Å². The summed E-state index contributed by atoms with van der Waals surface area (Å²) in [5, 5.41) is 0. The molecule has 0 bridgehead atoms. The van der Waals surface area contributed by atoms with E-state index in [2.05, 4.69) is 16.8 Å². The molecular formula is C15H10F3NS. The molecule has 0 fully saturated rings. The minimum atomic E-state index is -4.40. The van der Waals surface area contributed by atoms with Crippen LogP contribution in [0, 0.1) is 11.8 Å². The third-order valence-electron chi connectivity index (χ3n) is 2.52. The van der Waals surface area contributed by atoms with E-state index in [-0.39, 0.29) is 5.56 Å². The molecule has 1 aromatic carbocycles. The van der Waals surface area contributed by atoms with Gasteiger partial charge in [-0.15, -0.1) is 11.8 Å². The highest BCUT2D eigenvalue weighted by molar-refractivity contribution is 7.98. The molecule has 0 aliphatic rings. The molecule has 1 heterocycles. The fraction of sp³-hybridized carbons (Fsp3) is 0.133. The van der Waals surface area contributed by atoms with Gasteiger partial charge in [-0.2, -0.15) is 13.2 Å². The van der Waals surface area contributed by atoms with Crippen LogP contribution in [-0.2, 0) is 6.18 Å². The quantitative estimate of drug-likeness (QED) is 0.576. The molecule has 2 aromatic rings. The van der Waals surface area contributed by atoms with E-state index in [1.807, 2.05) is 6.26 Å². The number of benzene rings is 1. The highest BCUT2D eigenvalue weighted by Gasteiger charge is 2.32. The van der Waals surface area contributed by atoms with Crippen LogP contribution in [0.15, 0.2) is 47.6 Å². The Morgan fingerprint density at radius 3 is 2.55 bits per heavy atom. The van der Waals surface area contributed by atoms with E-state index in [0.29, 0.717) is 5.56 Å². The summed E-state index contributed by atoms with van der Waals surface area (Å²) in [6.45, 7) is 0. The highest BCUT2D eigenvalue weighted by Crippen LogP contribution is 2.31. The second kappa shape index (κ2) is 6.02. The zero-order valence-electron chi connectivity index (χ0n) is 10.5. The number of hydrogen-bond acceptors (Lipinski definition) is 2. The van der Waals surface area contributed by atoms with Gasteiger partial charge in [-0.1, -0.05) is 24.0 Å². The molecule has 5 heteroatoms. The first-order chi connectivity index (χ1) is 9.50. The van der Waals surface area contributed by atoms with Crippen molar-refractivity contribution >= 4 is 11.8 Å². The molecule has 102 valence electrons. The average molecular weight is 293 g/mol. The van der Waals surface area contributed by atoms with Gasteiger partial charge in [-0.05, 0) is 24.5 Å². The van der Waals surface area contributed by atoms with Gasteiger partial charge in [0.25, 0.3) is 0 Å². The lowest BCUT2D eigenvalue weighted by Gasteiger charge is -2.08. The Morgan fingerprint density at radius 2 is 1.85 bits per heavy atom. The molecule has 0 amide bonds. The molecule has 0 saturated heterocycles. The maximum absolute atomic E-state index is 12.8. The van der Waals surface area contributed by atoms with E-state index in [1.165, 1.54) is 36.2 Å². The third-order valence-corrected chi connectivity index (χ3v) is 3.22. The van der Waals surface area contributed by atoms with Crippen molar-refractivity contribution in [2.45, 2.75) is 11.1 Å². The average Bonchev–Trinajstić information content (AvgIpc) is 2.44. The number of aromatic nitrogens is 1. The van der Waals surface area contributed by atoms with Crippen molar-refractivity contribution in [3.8, 4) is 11.8 Å². The molecule has 20 heavy (non-hydrogen) atoms. The number of alkyl halides is 3. The molecule has 1 nitrogen and oxygen atoms in total. The molecule has 0 spiro atoms. The molecular weight excluding hydrogens is 283 g/mol. The van der Waals surface area contributed by atoms with E-state index >= 15 is 0 Å². The molecule has 0 saturated carbocycles. The van der Waals surface area contributed by atoms with Gasteiger partial charge < -0.3 is 0 Å². The van der Waals surface area contributed by atoms with Gasteiger partial charge in [-0.3, -0.25) is 4.98 Å². The van der Waals surface area contributed by atoms with Crippen molar-refractivity contribution in [1.82, 2.24) is 4.98 Å². The molecule has 2 rings (SSSR count). The maximum atomic E-state index is 12.8. The Hall–Kier alpha value is -1.93. The first kappa shape index (κ1) is 14.5. The predicted octanol–water partition coefficient (Wildman–Crippen LogP) is 4.22. The summed E-state index contributed by atoms with van der Waals surface area (Å²) in [5.74, 6) is 5.29. The van der Waals surface area contributed by atoms with Crippen LogP contribution in [-0.4, -0.2) is 11.2 Å². The van der Waals surface area contributed by atoms with Gasteiger partial charge in [0.2, 0.25) is 0 Å². The normalized spacial score (nSPS) is 10.8. The summed E-state index contributed by atoms with van der Waals surface area (Å²) in [7, 11) is 0. The van der Waals surface area contributed by atoms with E-state index in [0.717, 1.165) is 11.0 Å². The zero-order valence-corrected chi connectivity index (χ0v) is 11.3. The first-order valence-corrected chi connectivity index (χ1v) is 6.90. The molecule has 0 atom stereocenters. The molecule has 0 aliphatic heterocycles. The second-order valence-corrected chi connectivity index (χ2v) is 4.79. The van der Waals surface area contributed by atoms with Crippen LogP contribution in [0.5, 0.6) is 0 Å². The highest BCUT2D eigenvalue weighted by atomic mass is 32.2. The lowest BCUT2D eigenvalue weighted by molar-refractivity contribution is -0.137. The van der Waals surface area contributed by atoms with Crippen LogP contribution in [0.4, 0.5) is 13.2 Å². The summed E-state index contributed by atoms with van der Waals surface area (Å²) in [5.41, 5.74) is -0.162. The second-order valence-electron chi connectivity index (χ2n) is 3.91. The minimum absolute atomic E-state index is 0.0328. The van der Waals surface area contributed by atoms with Gasteiger partial charge >= 0.3 is 6.18 Å². The lowest BCUT2D eigenvalue weighted by atomic mass is 10.1. The van der Waals surface area contributed by atoms with Crippen LogP contribution < -0.4 is 0 Å². The molecule has 0 radical (unpaired) electrons. The largest absolute Gasteiger partial charge is 0.417 e. The van der Waals surface area contributed by atoms with E-state index in [9.17, 15) is 13.2 Å². The summed E-state index contributed by atoms with van der Waals surface area (Å²) in [6, 6.07) is 7.07. The van der Waals surface area contributed by atoms with Crippen molar-refractivity contribution < 1.29 is 13.2 Å². The number of halogens is 3. The molecule has 0 aliphatic carbocycles. The maximum Gasteiger partial charge on any atom is 0.417 e. The summed E-state index contributed by atoms with van der Waals surface area (Å²) < 4.78 is 38.4. The van der Waals surface area contributed by atoms with E-state index in [1.54, 1.807) is 12.3 Å². The van der Waals surface area contributed by atoms with Gasteiger partial charge in [0.15, 0.2) is 0 Å². The zero-order chi connectivity index (χ0) is 14.6. The number of rotatable bonds is 1. The SMILES string of the molecule is CSc1cncc(C#Cc2ccccc2C(F)(F)F)c1. The van der Waals surface area contributed by atoms with E-state index < -0.39 is 11.7 Å². The molecule has 1 aromatic heterocycles. The smallest absolute Gasteiger partial charge is 0.262 e. The number of hydrogen-bond donors (Lipinski definition) is 0. The van der Waals surface area contributed by atoms with Crippen LogP contribution >= 0.6 is 11.8 Å². The van der Waals surface area contributed by atoms with Crippen LogP contribution in [0.25, 0.3) is 0 Å². The minimum Gasteiger partial charge on any atom is -0.262 e. The van der Waals surface area contributed by atoms with E-state index in [4.69, 9.17) is 0 Å². The molecule has 0 unspecified atom stereocenters.